The van der Waals surface area contributed by atoms with Crippen molar-refractivity contribution >= 4 is 35.0 Å². The summed E-state index contributed by atoms with van der Waals surface area (Å²) in [5, 5.41) is 19.4. The second-order valence-corrected chi connectivity index (χ2v) is 11.1. The summed E-state index contributed by atoms with van der Waals surface area (Å²) in [6.45, 7) is 3.67. The highest BCUT2D eigenvalue weighted by Gasteiger charge is 2.41. The zero-order chi connectivity index (χ0) is 28.3. The standard InChI is InChI=1S/C29H41N7O4/c1-4-22-27(39)35(2)23-18-31-28(33-25(23)36(22)20-7-5-6-8-20)32-21-10-9-19(17-24(21)40-3)26(38)34-29(13-16-37)11-14-30-15-12-29/h9-10,17-18,20,22,30,37H,4-8,11-16H2,1-3H3,(H,34,38)(H,31,32,33)/t22-/m1/s1. The number of nitrogens with one attached hydrogen (secondary N) is 3. The molecule has 11 heteroatoms. The zero-order valence-electron chi connectivity index (χ0n) is 23.7. The highest BCUT2D eigenvalue weighted by atomic mass is 16.5. The molecule has 3 aliphatic rings. The van der Waals surface area contributed by atoms with Crippen molar-refractivity contribution in [1.82, 2.24) is 20.6 Å². The lowest BCUT2D eigenvalue weighted by Gasteiger charge is -2.43. The van der Waals surface area contributed by atoms with E-state index in [4.69, 9.17) is 9.72 Å². The van der Waals surface area contributed by atoms with Crippen LogP contribution in [0.3, 0.4) is 0 Å². The fraction of sp³-hybridized carbons (Fsp3) is 0.586. The van der Waals surface area contributed by atoms with Crippen molar-refractivity contribution < 1.29 is 19.4 Å². The summed E-state index contributed by atoms with van der Waals surface area (Å²) >= 11 is 0. The number of ether oxygens (including phenoxy) is 1. The number of anilines is 4. The molecule has 2 aliphatic heterocycles. The predicted molar refractivity (Wildman–Crippen MR) is 155 cm³/mol. The van der Waals surface area contributed by atoms with Crippen LogP contribution in [-0.2, 0) is 4.79 Å². The lowest BCUT2D eigenvalue weighted by Crippen LogP contribution is -2.55. The monoisotopic (exact) mass is 551 g/mol. The maximum Gasteiger partial charge on any atom is 0.251 e. The summed E-state index contributed by atoms with van der Waals surface area (Å²) in [4.78, 5) is 39.7. The number of aliphatic hydroxyl groups is 1. The van der Waals surface area contributed by atoms with E-state index in [1.165, 1.54) is 0 Å². The van der Waals surface area contributed by atoms with Crippen molar-refractivity contribution in [1.29, 1.82) is 0 Å². The van der Waals surface area contributed by atoms with Gasteiger partial charge in [0.15, 0.2) is 5.82 Å². The fourth-order valence-electron chi connectivity index (χ4n) is 6.37. The number of fused-ring (bicyclic) bond motifs is 1. The van der Waals surface area contributed by atoms with Gasteiger partial charge in [0.2, 0.25) is 11.9 Å². The summed E-state index contributed by atoms with van der Waals surface area (Å²) in [6, 6.07) is 5.28. The summed E-state index contributed by atoms with van der Waals surface area (Å²) < 4.78 is 5.64. The van der Waals surface area contributed by atoms with Gasteiger partial charge in [-0.1, -0.05) is 19.8 Å². The number of methoxy groups -OCH3 is 1. The number of likely N-dealkylation sites (N-methyl/N-ethyl adjacent to an activating group) is 1. The number of carbonyl (C=O) groups excluding carboxylic acids is 2. The molecule has 40 heavy (non-hydrogen) atoms. The van der Waals surface area contributed by atoms with Crippen LogP contribution in [0.25, 0.3) is 0 Å². The molecule has 11 nitrogen and oxygen atoms in total. The van der Waals surface area contributed by atoms with E-state index in [0.29, 0.717) is 41.5 Å². The molecule has 0 spiro atoms. The number of piperidine rings is 1. The Hall–Kier alpha value is -3.44. The normalized spacial score (nSPS) is 20.8. The first-order valence-electron chi connectivity index (χ1n) is 14.4. The van der Waals surface area contributed by atoms with Gasteiger partial charge in [0.05, 0.1) is 19.0 Å². The molecule has 2 amide bonds. The highest BCUT2D eigenvalue weighted by molar-refractivity contribution is 6.04. The van der Waals surface area contributed by atoms with Crippen molar-refractivity contribution in [3.63, 3.8) is 0 Å². The molecule has 4 N–H and O–H groups in total. The fourth-order valence-corrected chi connectivity index (χ4v) is 6.37. The Morgan fingerprint density at radius 3 is 2.67 bits per heavy atom. The van der Waals surface area contributed by atoms with Crippen molar-refractivity contribution in [3.05, 3.63) is 30.0 Å². The van der Waals surface area contributed by atoms with Crippen LogP contribution in [0.2, 0.25) is 0 Å². The molecule has 216 valence electrons. The Morgan fingerprint density at radius 1 is 1.25 bits per heavy atom. The number of aromatic nitrogens is 2. The van der Waals surface area contributed by atoms with Gasteiger partial charge in [-0.25, -0.2) is 4.98 Å². The van der Waals surface area contributed by atoms with E-state index in [0.717, 1.165) is 57.4 Å². The van der Waals surface area contributed by atoms with Gasteiger partial charge in [-0.05, 0) is 69.8 Å². The molecule has 1 saturated carbocycles. The van der Waals surface area contributed by atoms with Crippen molar-refractivity contribution in [2.45, 2.75) is 75.9 Å². The minimum Gasteiger partial charge on any atom is -0.495 e. The van der Waals surface area contributed by atoms with Gasteiger partial charge in [0.1, 0.15) is 17.5 Å². The minimum atomic E-state index is -0.422. The van der Waals surface area contributed by atoms with Gasteiger partial charge in [-0.3, -0.25) is 9.59 Å². The summed E-state index contributed by atoms with van der Waals surface area (Å²) in [7, 11) is 3.35. The minimum absolute atomic E-state index is 0.0222. The second-order valence-electron chi connectivity index (χ2n) is 11.1. The van der Waals surface area contributed by atoms with E-state index in [1.54, 1.807) is 43.5 Å². The van der Waals surface area contributed by atoms with E-state index in [-0.39, 0.29) is 30.5 Å². The topological polar surface area (TPSA) is 132 Å². The molecule has 0 radical (unpaired) electrons. The molecular formula is C29H41N7O4. The average Bonchev–Trinajstić information content (AvgIpc) is 3.50. The predicted octanol–water partition coefficient (Wildman–Crippen LogP) is 2.97. The van der Waals surface area contributed by atoms with E-state index >= 15 is 0 Å². The van der Waals surface area contributed by atoms with Gasteiger partial charge < -0.3 is 35.6 Å². The Morgan fingerprint density at radius 2 is 2.00 bits per heavy atom. The lowest BCUT2D eigenvalue weighted by molar-refractivity contribution is -0.120. The van der Waals surface area contributed by atoms with Crippen LogP contribution < -0.4 is 30.5 Å². The maximum absolute atomic E-state index is 13.2. The highest BCUT2D eigenvalue weighted by Crippen LogP contribution is 2.40. The third-order valence-corrected chi connectivity index (χ3v) is 8.65. The van der Waals surface area contributed by atoms with Crippen molar-refractivity contribution in [2.24, 2.45) is 0 Å². The molecule has 0 bridgehead atoms. The Bertz CT molecular complexity index is 1220. The Kier molecular flexibility index (Phi) is 8.41. The summed E-state index contributed by atoms with van der Waals surface area (Å²) in [6.07, 6.45) is 8.87. The molecule has 2 aromatic rings. The second kappa shape index (κ2) is 12.0. The number of benzene rings is 1. The Balaban J connectivity index is 1.39. The quantitative estimate of drug-likeness (QED) is 0.371. The van der Waals surface area contributed by atoms with Gasteiger partial charge >= 0.3 is 0 Å². The molecule has 1 saturated heterocycles. The van der Waals surface area contributed by atoms with Gasteiger partial charge in [0, 0.05) is 30.8 Å². The first-order valence-corrected chi connectivity index (χ1v) is 14.4. The van der Waals surface area contributed by atoms with Gasteiger partial charge in [0.25, 0.3) is 5.91 Å². The molecule has 1 aromatic heterocycles. The average molecular weight is 552 g/mol. The van der Waals surface area contributed by atoms with Crippen LogP contribution in [0.15, 0.2) is 24.4 Å². The van der Waals surface area contributed by atoms with E-state index in [2.05, 4.69) is 25.8 Å². The van der Waals surface area contributed by atoms with Crippen molar-refractivity contribution in [2.75, 3.05) is 49.0 Å². The van der Waals surface area contributed by atoms with Crippen LogP contribution in [0, 0.1) is 0 Å². The molecule has 0 unspecified atom stereocenters. The third kappa shape index (κ3) is 5.44. The number of aliphatic hydroxyl groups excluding tert-OH is 1. The van der Waals surface area contributed by atoms with Crippen LogP contribution in [0.1, 0.15) is 68.6 Å². The summed E-state index contributed by atoms with van der Waals surface area (Å²) in [5.41, 5.74) is 1.39. The maximum atomic E-state index is 13.2. The first-order chi connectivity index (χ1) is 19.4. The molecule has 1 aromatic carbocycles. The molecule has 1 aliphatic carbocycles. The van der Waals surface area contributed by atoms with E-state index in [9.17, 15) is 14.7 Å². The molecular weight excluding hydrogens is 510 g/mol. The van der Waals surface area contributed by atoms with E-state index < -0.39 is 5.54 Å². The SMILES string of the molecule is CC[C@@H]1C(=O)N(C)c2cnc(Nc3ccc(C(=O)NC4(CCO)CCNCC4)cc3OC)nc2N1C1CCCC1. The smallest absolute Gasteiger partial charge is 0.251 e. The number of carbonyl (C=O) groups is 2. The number of nitrogens with zero attached hydrogens (tertiary/aromatic N) is 4. The van der Waals surface area contributed by atoms with Crippen LogP contribution in [0.4, 0.5) is 23.1 Å². The molecule has 5 rings (SSSR count). The largest absolute Gasteiger partial charge is 0.495 e. The number of hydrogen-bond donors (Lipinski definition) is 4. The third-order valence-electron chi connectivity index (χ3n) is 8.65. The summed E-state index contributed by atoms with van der Waals surface area (Å²) in [5.74, 6) is 1.53. The molecule has 3 heterocycles. The van der Waals surface area contributed by atoms with E-state index in [1.807, 2.05) is 6.92 Å². The first kappa shape index (κ1) is 28.1. The van der Waals surface area contributed by atoms with Crippen molar-refractivity contribution in [3.8, 4) is 5.75 Å². The number of hydrogen-bond acceptors (Lipinski definition) is 9. The van der Waals surface area contributed by atoms with Crippen LogP contribution >= 0.6 is 0 Å². The number of rotatable bonds is 9. The molecule has 2 fully saturated rings. The molecule has 1 atom stereocenters. The van der Waals surface area contributed by atoms with Gasteiger partial charge in [-0.15, -0.1) is 0 Å². The van der Waals surface area contributed by atoms with Crippen LogP contribution in [0.5, 0.6) is 5.75 Å². The Labute approximate surface area is 235 Å². The zero-order valence-corrected chi connectivity index (χ0v) is 23.7. The van der Waals surface area contributed by atoms with Crippen LogP contribution in [-0.4, -0.2) is 78.4 Å². The lowest BCUT2D eigenvalue weighted by atomic mass is 9.85. The van der Waals surface area contributed by atoms with Gasteiger partial charge in [-0.2, -0.15) is 4.98 Å². The number of amides is 2.